The van der Waals surface area contributed by atoms with Gasteiger partial charge in [0.25, 0.3) is 5.69 Å². The summed E-state index contributed by atoms with van der Waals surface area (Å²) in [6, 6.07) is 26.3. The number of likely N-dealkylation sites (N-methyl/N-ethyl adjacent to an activating group) is 1. The topological polar surface area (TPSA) is 96.2 Å². The molecule has 0 bridgehead atoms. The molecule has 1 atom stereocenters. The van der Waals surface area contributed by atoms with E-state index in [0.717, 1.165) is 44.5 Å². The molecule has 45 heavy (non-hydrogen) atoms. The Labute approximate surface area is 266 Å². The highest BCUT2D eigenvalue weighted by atomic mass is 16.6. The average Bonchev–Trinajstić information content (AvgIpc) is 3.06. The van der Waals surface area contributed by atoms with Crippen LogP contribution in [0.3, 0.4) is 0 Å². The maximum absolute atomic E-state index is 13.1. The third-order valence-electron chi connectivity index (χ3n) is 8.73. The van der Waals surface area contributed by atoms with Crippen LogP contribution in [0.1, 0.15) is 42.9 Å². The number of nitro benzene ring substituents is 1. The summed E-state index contributed by atoms with van der Waals surface area (Å²) in [6.07, 6.45) is 4.20. The van der Waals surface area contributed by atoms with Crippen LogP contribution in [0.15, 0.2) is 97.6 Å². The first-order valence-electron chi connectivity index (χ1n) is 15.5. The lowest BCUT2D eigenvalue weighted by Gasteiger charge is -2.40. The van der Waals surface area contributed by atoms with Gasteiger partial charge in [0, 0.05) is 56.8 Å². The van der Waals surface area contributed by atoms with Gasteiger partial charge in [0.2, 0.25) is 5.91 Å². The Bertz CT molecular complexity index is 1410. The van der Waals surface area contributed by atoms with E-state index >= 15 is 0 Å². The number of ether oxygens (including phenoxy) is 1. The van der Waals surface area contributed by atoms with Gasteiger partial charge < -0.3 is 19.4 Å². The van der Waals surface area contributed by atoms with E-state index in [1.165, 1.54) is 17.7 Å². The molecule has 2 amide bonds. The van der Waals surface area contributed by atoms with Crippen LogP contribution < -0.4 is 0 Å². The summed E-state index contributed by atoms with van der Waals surface area (Å²) in [6.45, 7) is 9.70. The second-order valence-corrected chi connectivity index (χ2v) is 12.1. The normalized spacial score (nSPS) is 15.1. The molecule has 0 aliphatic carbocycles. The number of benzene rings is 3. The maximum atomic E-state index is 13.1. The van der Waals surface area contributed by atoms with Crippen molar-refractivity contribution in [2.45, 2.75) is 50.7 Å². The van der Waals surface area contributed by atoms with Crippen LogP contribution in [0.2, 0.25) is 0 Å². The number of hydrogen-bond donors (Lipinski definition) is 0. The minimum absolute atomic E-state index is 0.00206. The van der Waals surface area contributed by atoms with E-state index in [4.69, 9.17) is 4.74 Å². The predicted molar refractivity (Wildman–Crippen MR) is 176 cm³/mol. The summed E-state index contributed by atoms with van der Waals surface area (Å²) in [7, 11) is 1.90. The Morgan fingerprint density at radius 3 is 2.22 bits per heavy atom. The van der Waals surface area contributed by atoms with Crippen LogP contribution in [0, 0.1) is 10.1 Å². The zero-order valence-corrected chi connectivity index (χ0v) is 26.3. The first kappa shape index (κ1) is 33.4. The molecule has 0 spiro atoms. The molecule has 3 aromatic carbocycles. The number of amides is 2. The number of nitrogens with zero attached hydrogens (tertiary/aromatic N) is 4. The fourth-order valence-corrected chi connectivity index (χ4v) is 5.99. The Morgan fingerprint density at radius 1 is 1.00 bits per heavy atom. The van der Waals surface area contributed by atoms with Gasteiger partial charge in [-0.25, -0.2) is 4.79 Å². The Kier molecular flexibility index (Phi) is 11.9. The van der Waals surface area contributed by atoms with Crippen LogP contribution in [0.4, 0.5) is 10.5 Å². The third-order valence-corrected chi connectivity index (χ3v) is 8.73. The van der Waals surface area contributed by atoms with Crippen molar-refractivity contribution in [3.63, 3.8) is 0 Å². The molecule has 1 fully saturated rings. The first-order chi connectivity index (χ1) is 21.7. The molecular weight excluding hydrogens is 568 g/mol. The van der Waals surface area contributed by atoms with Crippen molar-refractivity contribution in [2.24, 2.45) is 0 Å². The quantitative estimate of drug-likeness (QED) is 0.122. The van der Waals surface area contributed by atoms with Gasteiger partial charge >= 0.3 is 6.09 Å². The van der Waals surface area contributed by atoms with Crippen molar-refractivity contribution in [2.75, 3.05) is 39.8 Å². The standard InChI is InChI=1S/C36H44N4O5/c1-4-22-39(35(42)45-27-30-15-17-33(18-16-30)40(43)44)32-19-23-38(24-20-32)25-21-36(2,31-13-9-6-10-14-31)28-37(3)34(41)26-29-11-7-5-8-12-29/h4-18,32H,1,19-28H2,2-3H3. The molecule has 1 saturated heterocycles. The van der Waals surface area contributed by atoms with Crippen LogP contribution in [-0.4, -0.2) is 77.4 Å². The highest BCUT2D eigenvalue weighted by Gasteiger charge is 2.33. The molecule has 0 saturated carbocycles. The molecular formula is C36H44N4O5. The summed E-state index contributed by atoms with van der Waals surface area (Å²) in [4.78, 5) is 42.7. The minimum Gasteiger partial charge on any atom is -0.445 e. The van der Waals surface area contributed by atoms with Crippen molar-refractivity contribution in [1.29, 1.82) is 0 Å². The molecule has 3 aromatic rings. The molecule has 0 radical (unpaired) electrons. The Hall–Kier alpha value is -4.50. The van der Waals surface area contributed by atoms with Crippen LogP contribution in [-0.2, 0) is 28.0 Å². The van der Waals surface area contributed by atoms with Crippen LogP contribution in [0.5, 0.6) is 0 Å². The number of rotatable bonds is 14. The molecule has 1 aliphatic heterocycles. The van der Waals surface area contributed by atoms with Gasteiger partial charge in [0.05, 0.1) is 11.3 Å². The minimum atomic E-state index is -0.456. The van der Waals surface area contributed by atoms with Gasteiger partial charge in [0.1, 0.15) is 6.61 Å². The first-order valence-corrected chi connectivity index (χ1v) is 15.5. The van der Waals surface area contributed by atoms with E-state index in [1.807, 2.05) is 48.3 Å². The average molecular weight is 613 g/mol. The van der Waals surface area contributed by atoms with Crippen molar-refractivity contribution in [1.82, 2.24) is 14.7 Å². The highest BCUT2D eigenvalue weighted by Crippen LogP contribution is 2.30. The van der Waals surface area contributed by atoms with Crippen molar-refractivity contribution in [3.8, 4) is 0 Å². The van der Waals surface area contributed by atoms with Gasteiger partial charge in [-0.1, -0.05) is 73.7 Å². The number of hydrogen-bond acceptors (Lipinski definition) is 6. The zero-order chi connectivity index (χ0) is 32.2. The number of carbonyl (C=O) groups excluding carboxylic acids is 2. The smallest absolute Gasteiger partial charge is 0.410 e. The van der Waals surface area contributed by atoms with Gasteiger partial charge in [-0.15, -0.1) is 6.58 Å². The second kappa shape index (κ2) is 16.0. The molecule has 1 aliphatic rings. The lowest BCUT2D eigenvalue weighted by molar-refractivity contribution is -0.384. The lowest BCUT2D eigenvalue weighted by Crippen LogP contribution is -2.49. The highest BCUT2D eigenvalue weighted by molar-refractivity contribution is 5.78. The van der Waals surface area contributed by atoms with Gasteiger partial charge in [0.15, 0.2) is 0 Å². The van der Waals surface area contributed by atoms with Gasteiger partial charge in [-0.3, -0.25) is 14.9 Å². The van der Waals surface area contributed by atoms with Crippen molar-refractivity contribution >= 4 is 17.7 Å². The van der Waals surface area contributed by atoms with Crippen LogP contribution in [0.25, 0.3) is 0 Å². The van der Waals surface area contributed by atoms with E-state index in [1.54, 1.807) is 23.1 Å². The summed E-state index contributed by atoms with van der Waals surface area (Å²) < 4.78 is 5.58. The van der Waals surface area contributed by atoms with Crippen LogP contribution >= 0.6 is 0 Å². The Balaban J connectivity index is 1.32. The summed E-state index contributed by atoms with van der Waals surface area (Å²) in [5.74, 6) is 0.104. The fraction of sp³-hybridized carbons (Fsp3) is 0.389. The lowest BCUT2D eigenvalue weighted by atomic mass is 9.78. The third kappa shape index (κ3) is 9.49. The largest absolute Gasteiger partial charge is 0.445 e. The SMILES string of the molecule is C=CCN(C(=O)OCc1ccc([N+](=O)[O-])cc1)C1CCN(CCC(C)(CN(C)C(=O)Cc2ccccc2)c2ccccc2)CC1. The van der Waals surface area contributed by atoms with E-state index in [-0.39, 0.29) is 29.7 Å². The predicted octanol–water partition coefficient (Wildman–Crippen LogP) is 6.23. The fourth-order valence-electron chi connectivity index (χ4n) is 5.99. The maximum Gasteiger partial charge on any atom is 0.410 e. The number of carbonyl (C=O) groups is 2. The molecule has 1 heterocycles. The number of piperidine rings is 1. The molecule has 0 aromatic heterocycles. The monoisotopic (exact) mass is 612 g/mol. The summed E-state index contributed by atoms with van der Waals surface area (Å²) >= 11 is 0. The van der Waals surface area contributed by atoms with Crippen molar-refractivity contribution < 1.29 is 19.2 Å². The molecule has 9 nitrogen and oxygen atoms in total. The van der Waals surface area contributed by atoms with Crippen molar-refractivity contribution in [3.05, 3.63) is 124 Å². The molecule has 1 unspecified atom stereocenters. The van der Waals surface area contributed by atoms with Gasteiger partial charge in [-0.2, -0.15) is 0 Å². The summed E-state index contributed by atoms with van der Waals surface area (Å²) in [5, 5.41) is 10.9. The summed E-state index contributed by atoms with van der Waals surface area (Å²) in [5.41, 5.74) is 2.69. The van der Waals surface area contributed by atoms with E-state index in [2.05, 4.69) is 42.7 Å². The zero-order valence-electron chi connectivity index (χ0n) is 26.3. The number of likely N-dealkylation sites (tertiary alicyclic amines) is 1. The number of nitro groups is 1. The Morgan fingerprint density at radius 2 is 1.62 bits per heavy atom. The van der Waals surface area contributed by atoms with E-state index in [9.17, 15) is 19.7 Å². The second-order valence-electron chi connectivity index (χ2n) is 12.1. The number of non-ortho nitro benzene ring substituents is 1. The van der Waals surface area contributed by atoms with Gasteiger partial charge in [-0.05, 0) is 54.6 Å². The van der Waals surface area contributed by atoms with E-state index in [0.29, 0.717) is 25.1 Å². The molecule has 4 rings (SSSR count). The van der Waals surface area contributed by atoms with E-state index < -0.39 is 11.0 Å². The molecule has 9 heteroatoms. The molecule has 238 valence electrons. The molecule has 0 N–H and O–H groups in total.